The van der Waals surface area contributed by atoms with Crippen molar-refractivity contribution in [3.8, 4) is 0 Å². The molecule has 0 aromatic rings. The zero-order chi connectivity index (χ0) is 13.1. The zero-order valence-corrected chi connectivity index (χ0v) is 11.5. The first kappa shape index (κ1) is 14.5. The number of hydrogen-bond acceptors (Lipinski definition) is 3. The third kappa shape index (κ3) is 3.96. The van der Waals surface area contributed by atoms with Crippen LogP contribution < -0.4 is 5.32 Å². The predicted molar refractivity (Wildman–Crippen MR) is 68.8 cm³/mol. The van der Waals surface area contributed by atoms with Gasteiger partial charge in [0.1, 0.15) is 0 Å². The van der Waals surface area contributed by atoms with E-state index in [1.54, 1.807) is 18.7 Å². The lowest BCUT2D eigenvalue weighted by Gasteiger charge is -2.39. The van der Waals surface area contributed by atoms with Gasteiger partial charge in [0.2, 0.25) is 5.91 Å². The number of hydrogen-bond donors (Lipinski definition) is 2. The van der Waals surface area contributed by atoms with Gasteiger partial charge in [0.15, 0.2) is 0 Å². The second-order valence-electron chi connectivity index (χ2n) is 5.85. The molecule has 4 heteroatoms. The van der Waals surface area contributed by atoms with Crippen LogP contribution in [0.4, 0.5) is 0 Å². The SMILES string of the molecule is CCN(CC(C)(C)O)C(=O)C1(C)CCCCN1. The summed E-state index contributed by atoms with van der Waals surface area (Å²) in [5, 5.41) is 13.2. The Kier molecular flexibility index (Phi) is 4.55. The van der Waals surface area contributed by atoms with Crippen molar-refractivity contribution in [2.75, 3.05) is 19.6 Å². The molecule has 17 heavy (non-hydrogen) atoms. The second-order valence-corrected chi connectivity index (χ2v) is 5.85. The van der Waals surface area contributed by atoms with Crippen LogP contribution in [0.2, 0.25) is 0 Å². The van der Waals surface area contributed by atoms with Crippen LogP contribution in [-0.2, 0) is 4.79 Å². The number of carbonyl (C=O) groups excluding carboxylic acids is 1. The highest BCUT2D eigenvalue weighted by atomic mass is 16.3. The first-order valence-electron chi connectivity index (χ1n) is 6.55. The van der Waals surface area contributed by atoms with E-state index < -0.39 is 11.1 Å². The second kappa shape index (κ2) is 5.36. The van der Waals surface area contributed by atoms with E-state index >= 15 is 0 Å². The van der Waals surface area contributed by atoms with Crippen molar-refractivity contribution in [1.29, 1.82) is 0 Å². The molecule has 0 saturated carbocycles. The fourth-order valence-corrected chi connectivity index (χ4v) is 2.38. The summed E-state index contributed by atoms with van der Waals surface area (Å²) < 4.78 is 0. The van der Waals surface area contributed by atoms with E-state index in [1.165, 1.54) is 0 Å². The van der Waals surface area contributed by atoms with E-state index in [2.05, 4.69) is 5.32 Å². The highest BCUT2D eigenvalue weighted by molar-refractivity contribution is 5.86. The van der Waals surface area contributed by atoms with E-state index in [1.807, 2.05) is 13.8 Å². The number of aliphatic hydroxyl groups is 1. The maximum absolute atomic E-state index is 12.5. The van der Waals surface area contributed by atoms with Crippen LogP contribution in [0.25, 0.3) is 0 Å². The molecule has 1 rings (SSSR count). The van der Waals surface area contributed by atoms with Gasteiger partial charge in [-0.1, -0.05) is 0 Å². The summed E-state index contributed by atoms with van der Waals surface area (Å²) in [6.07, 6.45) is 3.12. The van der Waals surface area contributed by atoms with Gasteiger partial charge in [0, 0.05) is 13.1 Å². The van der Waals surface area contributed by atoms with Crippen molar-refractivity contribution >= 4 is 5.91 Å². The van der Waals surface area contributed by atoms with Gasteiger partial charge in [0.25, 0.3) is 0 Å². The lowest BCUT2D eigenvalue weighted by molar-refractivity contribution is -0.141. The molecule has 2 N–H and O–H groups in total. The van der Waals surface area contributed by atoms with Gasteiger partial charge >= 0.3 is 0 Å². The third-order valence-electron chi connectivity index (χ3n) is 3.34. The molecule has 1 atom stereocenters. The average Bonchev–Trinajstić information content (AvgIpc) is 2.25. The van der Waals surface area contributed by atoms with Crippen molar-refractivity contribution in [1.82, 2.24) is 10.2 Å². The van der Waals surface area contributed by atoms with Crippen molar-refractivity contribution in [2.45, 2.75) is 58.1 Å². The predicted octanol–water partition coefficient (Wildman–Crippen LogP) is 1.14. The Balaban J connectivity index is 2.71. The van der Waals surface area contributed by atoms with Crippen LogP contribution in [0.1, 0.15) is 47.0 Å². The normalized spacial score (nSPS) is 25.7. The van der Waals surface area contributed by atoms with E-state index in [4.69, 9.17) is 0 Å². The molecule has 0 radical (unpaired) electrons. The maximum atomic E-state index is 12.5. The van der Waals surface area contributed by atoms with E-state index in [9.17, 15) is 9.90 Å². The molecule has 1 unspecified atom stereocenters. The summed E-state index contributed by atoms with van der Waals surface area (Å²) in [7, 11) is 0. The Bertz CT molecular complexity index is 265. The molecule has 0 aliphatic carbocycles. The topological polar surface area (TPSA) is 52.6 Å². The summed E-state index contributed by atoms with van der Waals surface area (Å²) in [6.45, 7) is 9.33. The van der Waals surface area contributed by atoms with Crippen molar-refractivity contribution in [3.05, 3.63) is 0 Å². The van der Waals surface area contributed by atoms with E-state index in [-0.39, 0.29) is 5.91 Å². The van der Waals surface area contributed by atoms with Crippen LogP contribution in [0.5, 0.6) is 0 Å². The fraction of sp³-hybridized carbons (Fsp3) is 0.923. The number of nitrogens with zero attached hydrogens (tertiary/aromatic N) is 1. The minimum absolute atomic E-state index is 0.113. The molecule has 1 heterocycles. The quantitative estimate of drug-likeness (QED) is 0.777. The molecule has 1 aliphatic rings. The first-order chi connectivity index (χ1) is 7.78. The van der Waals surface area contributed by atoms with Gasteiger partial charge in [-0.3, -0.25) is 4.79 Å². The monoisotopic (exact) mass is 242 g/mol. The molecular formula is C13H26N2O2. The van der Waals surface area contributed by atoms with Gasteiger partial charge < -0.3 is 15.3 Å². The molecular weight excluding hydrogens is 216 g/mol. The Labute approximate surface area is 104 Å². The number of piperidine rings is 1. The van der Waals surface area contributed by atoms with Crippen molar-refractivity contribution in [2.24, 2.45) is 0 Å². The zero-order valence-electron chi connectivity index (χ0n) is 11.5. The van der Waals surface area contributed by atoms with Gasteiger partial charge in [-0.15, -0.1) is 0 Å². The summed E-state index contributed by atoms with van der Waals surface area (Å²) >= 11 is 0. The first-order valence-corrected chi connectivity index (χ1v) is 6.55. The molecule has 0 aromatic carbocycles. The maximum Gasteiger partial charge on any atom is 0.242 e. The number of nitrogens with one attached hydrogen (secondary N) is 1. The molecule has 0 spiro atoms. The molecule has 4 nitrogen and oxygen atoms in total. The smallest absolute Gasteiger partial charge is 0.242 e. The van der Waals surface area contributed by atoms with Gasteiger partial charge in [-0.25, -0.2) is 0 Å². The summed E-state index contributed by atoms with van der Waals surface area (Å²) in [5.74, 6) is 0.113. The van der Waals surface area contributed by atoms with Crippen LogP contribution >= 0.6 is 0 Å². The lowest BCUT2D eigenvalue weighted by atomic mass is 9.89. The highest BCUT2D eigenvalue weighted by Gasteiger charge is 2.38. The average molecular weight is 242 g/mol. The van der Waals surface area contributed by atoms with E-state index in [0.717, 1.165) is 25.8 Å². The third-order valence-corrected chi connectivity index (χ3v) is 3.34. The van der Waals surface area contributed by atoms with Crippen LogP contribution in [0, 0.1) is 0 Å². The Morgan fingerprint density at radius 2 is 2.12 bits per heavy atom. The summed E-state index contributed by atoms with van der Waals surface area (Å²) in [4.78, 5) is 14.2. The molecule has 0 bridgehead atoms. The highest BCUT2D eigenvalue weighted by Crippen LogP contribution is 2.22. The number of rotatable bonds is 4. The Hall–Kier alpha value is -0.610. The minimum atomic E-state index is -0.837. The fourth-order valence-electron chi connectivity index (χ4n) is 2.38. The molecule has 1 amide bonds. The largest absolute Gasteiger partial charge is 0.389 e. The van der Waals surface area contributed by atoms with Crippen LogP contribution in [-0.4, -0.2) is 46.7 Å². The number of carbonyl (C=O) groups is 1. The molecule has 1 aliphatic heterocycles. The molecule has 1 saturated heterocycles. The van der Waals surface area contributed by atoms with Crippen molar-refractivity contribution < 1.29 is 9.90 Å². The lowest BCUT2D eigenvalue weighted by Crippen LogP contribution is -2.59. The molecule has 0 aromatic heterocycles. The van der Waals surface area contributed by atoms with Crippen molar-refractivity contribution in [3.63, 3.8) is 0 Å². The number of likely N-dealkylation sites (N-methyl/N-ethyl adjacent to an activating group) is 1. The summed E-state index contributed by atoms with van der Waals surface area (Å²) in [5.41, 5.74) is -1.28. The van der Waals surface area contributed by atoms with Gasteiger partial charge in [-0.05, 0) is 53.5 Å². The van der Waals surface area contributed by atoms with Crippen LogP contribution in [0.15, 0.2) is 0 Å². The van der Waals surface area contributed by atoms with Gasteiger partial charge in [0.05, 0.1) is 11.1 Å². The van der Waals surface area contributed by atoms with Crippen LogP contribution in [0.3, 0.4) is 0 Å². The minimum Gasteiger partial charge on any atom is -0.389 e. The van der Waals surface area contributed by atoms with Gasteiger partial charge in [-0.2, -0.15) is 0 Å². The Morgan fingerprint density at radius 1 is 1.47 bits per heavy atom. The van der Waals surface area contributed by atoms with E-state index in [0.29, 0.717) is 13.1 Å². The molecule has 1 fully saturated rings. The molecule has 100 valence electrons. The standard InChI is InChI=1S/C13H26N2O2/c1-5-15(10-12(2,3)17)11(16)13(4)8-6-7-9-14-13/h14,17H,5-10H2,1-4H3. The number of amides is 1. The Morgan fingerprint density at radius 3 is 2.53 bits per heavy atom. The summed E-state index contributed by atoms with van der Waals surface area (Å²) in [6, 6.07) is 0.